The number of nitrogens with zero attached hydrogens (tertiary/aromatic N) is 1. The Labute approximate surface area is 119 Å². The normalized spacial score (nSPS) is 12.9. The third kappa shape index (κ3) is 3.63. The number of halogens is 1. The van der Waals surface area contributed by atoms with E-state index in [1.165, 1.54) is 0 Å². The van der Waals surface area contributed by atoms with Gasteiger partial charge in [-0.25, -0.2) is 0 Å². The van der Waals surface area contributed by atoms with Crippen molar-refractivity contribution < 1.29 is 9.53 Å². The highest BCUT2D eigenvalue weighted by Gasteiger charge is 2.17. The lowest BCUT2D eigenvalue weighted by molar-refractivity contribution is 0.0792. The Balaban J connectivity index is 1.91. The van der Waals surface area contributed by atoms with Crippen LogP contribution in [0.1, 0.15) is 35.2 Å². The van der Waals surface area contributed by atoms with E-state index in [-0.39, 0.29) is 5.91 Å². The van der Waals surface area contributed by atoms with E-state index in [0.717, 1.165) is 55.7 Å². The van der Waals surface area contributed by atoms with Crippen LogP contribution < -0.4 is 4.74 Å². The van der Waals surface area contributed by atoms with Gasteiger partial charge >= 0.3 is 0 Å². The van der Waals surface area contributed by atoms with E-state index in [1.54, 1.807) is 4.90 Å². The van der Waals surface area contributed by atoms with Crippen LogP contribution in [0.4, 0.5) is 0 Å². The van der Waals surface area contributed by atoms with Crippen molar-refractivity contribution in [3.05, 3.63) is 29.3 Å². The number of alkyl halides is 1. The molecule has 0 saturated carbocycles. The monoisotopic (exact) mass is 281 g/mol. The largest absolute Gasteiger partial charge is 0.493 e. The molecule has 19 heavy (non-hydrogen) atoms. The summed E-state index contributed by atoms with van der Waals surface area (Å²) in [7, 11) is 1.85. The average Bonchev–Trinajstić information content (AvgIpc) is 2.89. The van der Waals surface area contributed by atoms with Gasteiger partial charge in [0.1, 0.15) is 5.75 Å². The van der Waals surface area contributed by atoms with Crippen LogP contribution in [0.5, 0.6) is 5.75 Å². The van der Waals surface area contributed by atoms with Crippen molar-refractivity contribution in [1.29, 1.82) is 0 Å². The van der Waals surface area contributed by atoms with Gasteiger partial charge in [0.2, 0.25) is 0 Å². The maximum Gasteiger partial charge on any atom is 0.253 e. The molecule has 3 nitrogen and oxygen atoms in total. The Bertz CT molecular complexity index is 448. The molecule has 1 aromatic rings. The van der Waals surface area contributed by atoms with Crippen LogP contribution in [-0.4, -0.2) is 36.9 Å². The van der Waals surface area contributed by atoms with E-state index >= 15 is 0 Å². The molecule has 0 spiro atoms. The number of fused-ring (bicyclic) bond motifs is 1. The summed E-state index contributed by atoms with van der Waals surface area (Å²) in [6.45, 7) is 1.50. The molecule has 0 bridgehead atoms. The summed E-state index contributed by atoms with van der Waals surface area (Å²) in [5.74, 6) is 1.70. The number of hydrogen-bond donors (Lipinski definition) is 0. The molecule has 0 aromatic heterocycles. The Morgan fingerprint density at radius 3 is 3.00 bits per heavy atom. The molecule has 1 amide bonds. The Hall–Kier alpha value is -1.22. The fraction of sp³-hybridized carbons (Fsp3) is 0.533. The first-order valence-electron chi connectivity index (χ1n) is 6.79. The van der Waals surface area contributed by atoms with Gasteiger partial charge in [-0.1, -0.05) is 6.42 Å². The molecule has 1 aliphatic rings. The highest BCUT2D eigenvalue weighted by atomic mass is 35.5. The first kappa shape index (κ1) is 14.2. The van der Waals surface area contributed by atoms with Gasteiger partial charge in [0.05, 0.1) is 6.61 Å². The molecule has 0 aliphatic carbocycles. The molecule has 1 aliphatic heterocycles. The Kier molecular flexibility index (Phi) is 5.08. The summed E-state index contributed by atoms with van der Waals surface area (Å²) in [6.07, 6.45) is 3.98. The first-order valence-corrected chi connectivity index (χ1v) is 7.33. The van der Waals surface area contributed by atoms with E-state index in [9.17, 15) is 4.79 Å². The van der Waals surface area contributed by atoms with E-state index in [0.29, 0.717) is 5.88 Å². The number of carbonyl (C=O) groups excluding carboxylic acids is 1. The summed E-state index contributed by atoms with van der Waals surface area (Å²) < 4.78 is 5.45. The van der Waals surface area contributed by atoms with Crippen molar-refractivity contribution in [3.63, 3.8) is 0 Å². The summed E-state index contributed by atoms with van der Waals surface area (Å²) in [4.78, 5) is 14.1. The van der Waals surface area contributed by atoms with E-state index < -0.39 is 0 Å². The highest BCUT2D eigenvalue weighted by molar-refractivity contribution is 6.17. The van der Waals surface area contributed by atoms with Crippen molar-refractivity contribution in [1.82, 2.24) is 4.90 Å². The molecule has 2 rings (SSSR count). The van der Waals surface area contributed by atoms with Crippen LogP contribution in [0.25, 0.3) is 0 Å². The van der Waals surface area contributed by atoms with Crippen LogP contribution in [0.15, 0.2) is 18.2 Å². The van der Waals surface area contributed by atoms with Crippen molar-refractivity contribution in [3.8, 4) is 5.75 Å². The Morgan fingerprint density at radius 1 is 1.37 bits per heavy atom. The van der Waals surface area contributed by atoms with Gasteiger partial charge in [-0.3, -0.25) is 4.79 Å². The first-order chi connectivity index (χ1) is 9.22. The van der Waals surface area contributed by atoms with Crippen molar-refractivity contribution >= 4 is 17.5 Å². The number of unbranched alkanes of at least 4 members (excludes halogenated alkanes) is 2. The van der Waals surface area contributed by atoms with E-state index in [4.69, 9.17) is 16.3 Å². The van der Waals surface area contributed by atoms with Crippen molar-refractivity contribution in [2.75, 3.05) is 26.1 Å². The minimum atomic E-state index is 0.0839. The number of ether oxygens (including phenoxy) is 1. The standard InChI is InChI=1S/C15H20ClNO2/c1-17(9-4-2-3-8-16)15(18)13-5-6-14-12(11-13)7-10-19-14/h5-6,11H,2-4,7-10H2,1H3. The van der Waals surface area contributed by atoms with E-state index in [1.807, 2.05) is 25.2 Å². The van der Waals surface area contributed by atoms with Gasteiger partial charge in [-0.15, -0.1) is 11.6 Å². The number of amides is 1. The summed E-state index contributed by atoms with van der Waals surface area (Å²) in [5.41, 5.74) is 1.89. The number of carbonyl (C=O) groups is 1. The van der Waals surface area contributed by atoms with Crippen LogP contribution >= 0.6 is 11.6 Å². The summed E-state index contributed by atoms with van der Waals surface area (Å²) in [6, 6.07) is 5.71. The van der Waals surface area contributed by atoms with Gasteiger partial charge < -0.3 is 9.64 Å². The van der Waals surface area contributed by atoms with Crippen molar-refractivity contribution in [2.24, 2.45) is 0 Å². The molecule has 1 heterocycles. The van der Waals surface area contributed by atoms with Crippen LogP contribution in [0, 0.1) is 0 Å². The molecule has 0 unspecified atom stereocenters. The SMILES string of the molecule is CN(CCCCCCl)C(=O)c1ccc2c(c1)CCO2. The molecule has 0 fully saturated rings. The lowest BCUT2D eigenvalue weighted by Gasteiger charge is -2.17. The second-order valence-corrected chi connectivity index (χ2v) is 5.28. The molecule has 1 aromatic carbocycles. The zero-order valence-electron chi connectivity index (χ0n) is 11.3. The van der Waals surface area contributed by atoms with Crippen LogP contribution in [0.2, 0.25) is 0 Å². The summed E-state index contributed by atoms with van der Waals surface area (Å²) in [5, 5.41) is 0. The van der Waals surface area contributed by atoms with Gasteiger partial charge in [-0.2, -0.15) is 0 Å². The molecular formula is C15H20ClNO2. The molecule has 0 atom stereocenters. The minimum Gasteiger partial charge on any atom is -0.493 e. The van der Waals surface area contributed by atoms with Gasteiger partial charge in [0.25, 0.3) is 5.91 Å². The lowest BCUT2D eigenvalue weighted by Crippen LogP contribution is -2.27. The molecular weight excluding hydrogens is 262 g/mol. The fourth-order valence-electron chi connectivity index (χ4n) is 2.26. The smallest absolute Gasteiger partial charge is 0.253 e. The van der Waals surface area contributed by atoms with Gasteiger partial charge in [0, 0.05) is 31.5 Å². The molecule has 0 radical (unpaired) electrons. The molecule has 0 N–H and O–H groups in total. The lowest BCUT2D eigenvalue weighted by atomic mass is 10.1. The van der Waals surface area contributed by atoms with Crippen LogP contribution in [0.3, 0.4) is 0 Å². The predicted molar refractivity (Wildman–Crippen MR) is 77.2 cm³/mol. The second kappa shape index (κ2) is 6.80. The third-order valence-corrected chi connectivity index (χ3v) is 3.68. The fourth-order valence-corrected chi connectivity index (χ4v) is 2.45. The zero-order chi connectivity index (χ0) is 13.7. The molecule has 104 valence electrons. The number of benzene rings is 1. The van der Waals surface area contributed by atoms with E-state index in [2.05, 4.69) is 0 Å². The molecule has 0 saturated heterocycles. The topological polar surface area (TPSA) is 29.5 Å². The summed E-state index contributed by atoms with van der Waals surface area (Å²) >= 11 is 5.64. The maximum atomic E-state index is 12.3. The maximum absolute atomic E-state index is 12.3. The van der Waals surface area contributed by atoms with Crippen molar-refractivity contribution in [2.45, 2.75) is 25.7 Å². The van der Waals surface area contributed by atoms with Gasteiger partial charge in [0.15, 0.2) is 0 Å². The molecule has 4 heteroatoms. The average molecular weight is 282 g/mol. The number of rotatable bonds is 6. The highest BCUT2D eigenvalue weighted by Crippen LogP contribution is 2.26. The third-order valence-electron chi connectivity index (χ3n) is 3.41. The predicted octanol–water partition coefficient (Wildman–Crippen LogP) is 3.10. The zero-order valence-corrected chi connectivity index (χ0v) is 12.1. The second-order valence-electron chi connectivity index (χ2n) is 4.90. The van der Waals surface area contributed by atoms with Crippen LogP contribution in [-0.2, 0) is 6.42 Å². The number of hydrogen-bond acceptors (Lipinski definition) is 2. The minimum absolute atomic E-state index is 0.0839. The Morgan fingerprint density at radius 2 is 2.21 bits per heavy atom. The quantitative estimate of drug-likeness (QED) is 0.592. The van der Waals surface area contributed by atoms with Gasteiger partial charge in [-0.05, 0) is 36.6 Å².